The molecule has 0 aromatic rings. The van der Waals surface area contributed by atoms with Gasteiger partial charge in [0.15, 0.2) is 0 Å². The van der Waals surface area contributed by atoms with E-state index < -0.39 is 0 Å². The molecule has 2 fully saturated rings. The first-order valence-corrected chi connectivity index (χ1v) is 9.34. The number of aliphatic hydroxyl groups excluding tert-OH is 2. The predicted octanol–water partition coefficient (Wildman–Crippen LogP) is -0.377. The van der Waals surface area contributed by atoms with Crippen molar-refractivity contribution in [2.75, 3.05) is 91.8 Å². The second kappa shape index (κ2) is 13.1. The molecule has 2 saturated heterocycles. The van der Waals surface area contributed by atoms with Gasteiger partial charge in [-0.2, -0.15) is 0 Å². The van der Waals surface area contributed by atoms with Gasteiger partial charge in [-0.15, -0.1) is 0 Å². The summed E-state index contributed by atoms with van der Waals surface area (Å²) >= 11 is 0. The van der Waals surface area contributed by atoms with Gasteiger partial charge in [0.25, 0.3) is 0 Å². The minimum Gasteiger partial charge on any atom is -0.395 e. The zero-order valence-electron chi connectivity index (χ0n) is 15.3. The van der Waals surface area contributed by atoms with Crippen LogP contribution in [0.1, 0.15) is 20.3 Å². The fourth-order valence-electron chi connectivity index (χ4n) is 3.16. The largest absolute Gasteiger partial charge is 0.395 e. The SMILES string of the molecule is CCCN1CCN(CCO)CC1.CCN1CCN(CCO)CC1. The van der Waals surface area contributed by atoms with Crippen molar-refractivity contribution < 1.29 is 10.2 Å². The zero-order valence-corrected chi connectivity index (χ0v) is 15.3. The highest BCUT2D eigenvalue weighted by Gasteiger charge is 2.15. The summed E-state index contributed by atoms with van der Waals surface area (Å²) in [5.74, 6) is 0. The maximum Gasteiger partial charge on any atom is 0.0558 e. The molecular weight excluding hydrogens is 292 g/mol. The Morgan fingerprint density at radius 2 is 0.913 bits per heavy atom. The molecule has 0 aromatic heterocycles. The van der Waals surface area contributed by atoms with Crippen LogP contribution in [0.3, 0.4) is 0 Å². The fraction of sp³-hybridized carbons (Fsp3) is 1.00. The Morgan fingerprint density at radius 3 is 1.22 bits per heavy atom. The quantitative estimate of drug-likeness (QED) is 0.664. The second-order valence-corrected chi connectivity index (χ2v) is 6.41. The highest BCUT2D eigenvalue weighted by Crippen LogP contribution is 2.01. The van der Waals surface area contributed by atoms with Crippen LogP contribution in [0.15, 0.2) is 0 Å². The number of rotatable bonds is 7. The van der Waals surface area contributed by atoms with E-state index in [-0.39, 0.29) is 0 Å². The van der Waals surface area contributed by atoms with Gasteiger partial charge in [0.05, 0.1) is 13.2 Å². The molecule has 2 heterocycles. The molecular formula is C17H38N4O2. The van der Waals surface area contributed by atoms with Crippen molar-refractivity contribution in [3.63, 3.8) is 0 Å². The lowest BCUT2D eigenvalue weighted by atomic mass is 10.3. The second-order valence-electron chi connectivity index (χ2n) is 6.41. The molecule has 0 atom stereocenters. The van der Waals surface area contributed by atoms with Crippen molar-refractivity contribution in [2.24, 2.45) is 0 Å². The van der Waals surface area contributed by atoms with Crippen LogP contribution >= 0.6 is 0 Å². The summed E-state index contributed by atoms with van der Waals surface area (Å²) in [4.78, 5) is 9.57. The molecule has 2 aliphatic rings. The van der Waals surface area contributed by atoms with E-state index in [9.17, 15) is 0 Å². The van der Waals surface area contributed by atoms with Crippen LogP contribution in [0.4, 0.5) is 0 Å². The lowest BCUT2D eigenvalue weighted by molar-refractivity contribution is 0.113. The predicted molar refractivity (Wildman–Crippen MR) is 95.9 cm³/mol. The standard InChI is InChI=1S/C9H20N2O.C8H18N2O/c1-2-3-10-4-6-11(7-5-10)8-9-12;1-2-9-3-5-10(6-4-9)7-8-11/h12H,2-9H2,1H3;11H,2-8H2,1H3. The first-order chi connectivity index (χ1) is 11.2. The van der Waals surface area contributed by atoms with Crippen LogP contribution in [-0.2, 0) is 0 Å². The van der Waals surface area contributed by atoms with E-state index in [4.69, 9.17) is 10.2 Å². The molecule has 0 radical (unpaired) electrons. The number of piperazine rings is 2. The number of hydrogen-bond acceptors (Lipinski definition) is 6. The average molecular weight is 331 g/mol. The summed E-state index contributed by atoms with van der Waals surface area (Å²) in [6.45, 7) is 18.3. The molecule has 6 heteroatoms. The van der Waals surface area contributed by atoms with Crippen LogP contribution in [0.25, 0.3) is 0 Å². The molecule has 138 valence electrons. The summed E-state index contributed by atoms with van der Waals surface area (Å²) in [6, 6.07) is 0. The van der Waals surface area contributed by atoms with Crippen molar-refractivity contribution in [2.45, 2.75) is 20.3 Å². The lowest BCUT2D eigenvalue weighted by Gasteiger charge is -2.34. The molecule has 2 rings (SSSR count). The van der Waals surface area contributed by atoms with E-state index in [2.05, 4.69) is 33.4 Å². The minimum absolute atomic E-state index is 0.298. The molecule has 0 saturated carbocycles. The first-order valence-electron chi connectivity index (χ1n) is 9.34. The van der Waals surface area contributed by atoms with Crippen LogP contribution in [0.2, 0.25) is 0 Å². The van der Waals surface area contributed by atoms with E-state index in [0.29, 0.717) is 13.2 Å². The molecule has 0 unspecified atom stereocenters. The molecule has 23 heavy (non-hydrogen) atoms. The van der Waals surface area contributed by atoms with Crippen molar-refractivity contribution in [1.29, 1.82) is 0 Å². The number of β-amino-alcohol motifs (C(OH)–C–C–N with tert-alkyl or cyclic N) is 2. The van der Waals surface area contributed by atoms with Gasteiger partial charge in [-0.05, 0) is 19.5 Å². The third-order valence-corrected chi connectivity index (χ3v) is 4.75. The zero-order chi connectivity index (χ0) is 16.9. The fourth-order valence-corrected chi connectivity index (χ4v) is 3.16. The highest BCUT2D eigenvalue weighted by atomic mass is 16.3. The summed E-state index contributed by atoms with van der Waals surface area (Å²) in [5, 5.41) is 17.4. The summed E-state index contributed by atoms with van der Waals surface area (Å²) in [5.41, 5.74) is 0. The Bertz CT molecular complexity index is 251. The topological polar surface area (TPSA) is 53.4 Å². The van der Waals surface area contributed by atoms with Crippen LogP contribution in [0.5, 0.6) is 0 Å². The van der Waals surface area contributed by atoms with Gasteiger partial charge in [-0.1, -0.05) is 13.8 Å². The summed E-state index contributed by atoms with van der Waals surface area (Å²) in [6.07, 6.45) is 1.25. The molecule has 0 bridgehead atoms. The Hall–Kier alpha value is -0.240. The van der Waals surface area contributed by atoms with E-state index in [1.807, 2.05) is 0 Å². The van der Waals surface area contributed by atoms with E-state index in [1.54, 1.807) is 0 Å². The maximum atomic E-state index is 8.73. The van der Waals surface area contributed by atoms with Gasteiger partial charge >= 0.3 is 0 Å². The lowest BCUT2D eigenvalue weighted by Crippen LogP contribution is -2.47. The smallest absolute Gasteiger partial charge is 0.0558 e. The van der Waals surface area contributed by atoms with Gasteiger partial charge in [0.2, 0.25) is 0 Å². The van der Waals surface area contributed by atoms with Gasteiger partial charge in [0, 0.05) is 65.4 Å². The molecule has 0 spiro atoms. The van der Waals surface area contributed by atoms with Crippen molar-refractivity contribution in [3.05, 3.63) is 0 Å². The Morgan fingerprint density at radius 1 is 0.565 bits per heavy atom. The van der Waals surface area contributed by atoms with Gasteiger partial charge < -0.3 is 20.0 Å². The third-order valence-electron chi connectivity index (χ3n) is 4.75. The maximum absolute atomic E-state index is 8.73. The van der Waals surface area contributed by atoms with Gasteiger partial charge in [-0.25, -0.2) is 0 Å². The highest BCUT2D eigenvalue weighted by molar-refractivity contribution is 4.71. The molecule has 0 amide bonds. The molecule has 2 N–H and O–H groups in total. The van der Waals surface area contributed by atoms with Crippen molar-refractivity contribution in [3.8, 4) is 0 Å². The molecule has 0 aliphatic carbocycles. The number of likely N-dealkylation sites (N-methyl/N-ethyl adjacent to an activating group) is 1. The van der Waals surface area contributed by atoms with Crippen molar-refractivity contribution in [1.82, 2.24) is 19.6 Å². The third kappa shape index (κ3) is 8.98. The Balaban J connectivity index is 0.000000231. The van der Waals surface area contributed by atoms with Crippen LogP contribution in [0, 0.1) is 0 Å². The average Bonchev–Trinajstić information content (AvgIpc) is 2.59. The monoisotopic (exact) mass is 330 g/mol. The van der Waals surface area contributed by atoms with Gasteiger partial charge in [0.1, 0.15) is 0 Å². The first kappa shape index (κ1) is 20.8. The van der Waals surface area contributed by atoms with Crippen LogP contribution < -0.4 is 0 Å². The van der Waals surface area contributed by atoms with E-state index in [0.717, 1.165) is 58.9 Å². The van der Waals surface area contributed by atoms with Crippen molar-refractivity contribution >= 4 is 0 Å². The number of nitrogens with zero attached hydrogens (tertiary/aromatic N) is 4. The molecule has 2 aliphatic heterocycles. The Kier molecular flexibility index (Phi) is 11.8. The summed E-state index contributed by atoms with van der Waals surface area (Å²) < 4.78 is 0. The van der Waals surface area contributed by atoms with E-state index in [1.165, 1.54) is 26.1 Å². The minimum atomic E-state index is 0.298. The molecule has 6 nitrogen and oxygen atoms in total. The number of aliphatic hydroxyl groups is 2. The summed E-state index contributed by atoms with van der Waals surface area (Å²) in [7, 11) is 0. The number of hydrogen-bond donors (Lipinski definition) is 2. The Labute approximate surface area is 142 Å². The van der Waals surface area contributed by atoms with Gasteiger partial charge in [-0.3, -0.25) is 9.80 Å². The molecule has 0 aromatic carbocycles. The van der Waals surface area contributed by atoms with E-state index >= 15 is 0 Å². The van der Waals surface area contributed by atoms with Crippen LogP contribution in [-0.4, -0.2) is 122 Å². The normalized spacial score (nSPS) is 21.9.